The average molecular weight is 239 g/mol. The van der Waals surface area contributed by atoms with Crippen molar-refractivity contribution in [2.75, 3.05) is 0 Å². The van der Waals surface area contributed by atoms with Crippen molar-refractivity contribution < 1.29 is 4.39 Å². The van der Waals surface area contributed by atoms with E-state index in [1.807, 2.05) is 0 Å². The molecule has 3 nitrogen and oxygen atoms in total. The zero-order valence-corrected chi connectivity index (χ0v) is 9.60. The van der Waals surface area contributed by atoms with Crippen LogP contribution in [0.2, 0.25) is 0 Å². The van der Waals surface area contributed by atoms with Gasteiger partial charge < -0.3 is 0 Å². The second-order valence-electron chi connectivity index (χ2n) is 4.47. The van der Waals surface area contributed by atoms with E-state index in [0.717, 1.165) is 12.8 Å². The Hall–Kier alpha value is -2.28. The summed E-state index contributed by atoms with van der Waals surface area (Å²) in [5.41, 5.74) is 0.844. The van der Waals surface area contributed by atoms with E-state index in [2.05, 4.69) is 16.0 Å². The van der Waals surface area contributed by atoms with E-state index in [9.17, 15) is 4.39 Å². The summed E-state index contributed by atoms with van der Waals surface area (Å²) in [5, 5.41) is 9.13. The maximum absolute atomic E-state index is 13.2. The minimum atomic E-state index is -0.511. The third-order valence-electron chi connectivity index (χ3n) is 3.17. The highest BCUT2D eigenvalue weighted by molar-refractivity contribution is 5.59. The average Bonchev–Trinajstić information content (AvgIpc) is 3.20. The molecule has 1 saturated carbocycles. The molecule has 0 bridgehead atoms. The lowest BCUT2D eigenvalue weighted by molar-refractivity contribution is 0.628. The standard InChI is InChI=1S/C14H10FN3/c15-11-3-1-2-10(8-11)12-4-7-17-13(18-12)14(9-16)5-6-14/h1-4,7-8H,5-6H2. The second kappa shape index (κ2) is 3.88. The van der Waals surface area contributed by atoms with Gasteiger partial charge >= 0.3 is 0 Å². The van der Waals surface area contributed by atoms with Gasteiger partial charge in [0.05, 0.1) is 11.8 Å². The summed E-state index contributed by atoms with van der Waals surface area (Å²) in [7, 11) is 0. The van der Waals surface area contributed by atoms with Gasteiger partial charge in [-0.1, -0.05) is 12.1 Å². The summed E-state index contributed by atoms with van der Waals surface area (Å²) in [6.07, 6.45) is 3.23. The molecule has 0 spiro atoms. The van der Waals surface area contributed by atoms with Gasteiger partial charge in [0.25, 0.3) is 0 Å². The van der Waals surface area contributed by atoms with Crippen LogP contribution in [0.1, 0.15) is 18.7 Å². The van der Waals surface area contributed by atoms with Crippen molar-refractivity contribution in [3.63, 3.8) is 0 Å². The molecule has 18 heavy (non-hydrogen) atoms. The molecular weight excluding hydrogens is 229 g/mol. The van der Waals surface area contributed by atoms with Crippen LogP contribution in [0, 0.1) is 17.1 Å². The van der Waals surface area contributed by atoms with Gasteiger partial charge in [-0.25, -0.2) is 14.4 Å². The molecule has 0 radical (unpaired) electrons. The van der Waals surface area contributed by atoms with Gasteiger partial charge in [-0.3, -0.25) is 0 Å². The molecule has 2 aromatic rings. The lowest BCUT2D eigenvalue weighted by Gasteiger charge is -2.06. The number of nitriles is 1. The zero-order valence-electron chi connectivity index (χ0n) is 9.60. The lowest BCUT2D eigenvalue weighted by atomic mass is 10.1. The summed E-state index contributed by atoms with van der Waals surface area (Å²) >= 11 is 0. The van der Waals surface area contributed by atoms with Crippen molar-refractivity contribution in [2.45, 2.75) is 18.3 Å². The Bertz CT molecular complexity index is 641. The van der Waals surface area contributed by atoms with E-state index in [-0.39, 0.29) is 5.82 Å². The monoisotopic (exact) mass is 239 g/mol. The summed E-state index contributed by atoms with van der Waals surface area (Å²) in [4.78, 5) is 8.55. The molecule has 1 aliphatic rings. The first-order valence-electron chi connectivity index (χ1n) is 5.74. The van der Waals surface area contributed by atoms with Crippen LogP contribution in [-0.4, -0.2) is 9.97 Å². The fourth-order valence-corrected chi connectivity index (χ4v) is 1.91. The molecule has 0 unspecified atom stereocenters. The van der Waals surface area contributed by atoms with Gasteiger partial charge in [0.15, 0.2) is 0 Å². The Morgan fingerprint density at radius 3 is 2.78 bits per heavy atom. The van der Waals surface area contributed by atoms with Crippen molar-refractivity contribution in [3.05, 3.63) is 48.2 Å². The number of rotatable bonds is 2. The quantitative estimate of drug-likeness (QED) is 0.809. The van der Waals surface area contributed by atoms with Crippen LogP contribution in [0.15, 0.2) is 36.5 Å². The lowest BCUT2D eigenvalue weighted by Crippen LogP contribution is -2.09. The van der Waals surface area contributed by atoms with Crippen molar-refractivity contribution in [3.8, 4) is 17.3 Å². The Kier molecular flexibility index (Phi) is 2.34. The van der Waals surface area contributed by atoms with E-state index in [0.29, 0.717) is 17.1 Å². The Morgan fingerprint density at radius 1 is 1.28 bits per heavy atom. The fraction of sp³-hybridized carbons (Fsp3) is 0.214. The van der Waals surface area contributed by atoms with Crippen molar-refractivity contribution in [1.29, 1.82) is 5.26 Å². The van der Waals surface area contributed by atoms with Crippen molar-refractivity contribution in [1.82, 2.24) is 9.97 Å². The fourth-order valence-electron chi connectivity index (χ4n) is 1.91. The summed E-state index contributed by atoms with van der Waals surface area (Å²) in [6, 6.07) is 10.2. The van der Waals surface area contributed by atoms with Crippen LogP contribution in [0.5, 0.6) is 0 Å². The topological polar surface area (TPSA) is 49.6 Å². The van der Waals surface area contributed by atoms with Crippen LogP contribution in [-0.2, 0) is 5.41 Å². The summed E-state index contributed by atoms with van der Waals surface area (Å²) < 4.78 is 13.2. The number of nitrogens with zero attached hydrogens (tertiary/aromatic N) is 3. The first kappa shape index (κ1) is 10.8. The highest BCUT2D eigenvalue weighted by Gasteiger charge is 2.47. The summed E-state index contributed by atoms with van der Waals surface area (Å²) in [6.45, 7) is 0. The van der Waals surface area contributed by atoms with Crippen LogP contribution < -0.4 is 0 Å². The molecule has 0 aliphatic heterocycles. The van der Waals surface area contributed by atoms with Gasteiger partial charge in [0.1, 0.15) is 17.1 Å². The molecule has 1 fully saturated rings. The molecule has 0 atom stereocenters. The van der Waals surface area contributed by atoms with Gasteiger partial charge in [0.2, 0.25) is 0 Å². The maximum atomic E-state index is 13.2. The number of hydrogen-bond donors (Lipinski definition) is 0. The third kappa shape index (κ3) is 1.74. The van der Waals surface area contributed by atoms with Crippen LogP contribution in [0.4, 0.5) is 4.39 Å². The summed E-state index contributed by atoms with van der Waals surface area (Å²) in [5.74, 6) is 0.251. The van der Waals surface area contributed by atoms with Crippen LogP contribution >= 0.6 is 0 Å². The Morgan fingerprint density at radius 2 is 2.11 bits per heavy atom. The van der Waals surface area contributed by atoms with Gasteiger partial charge in [-0.05, 0) is 31.0 Å². The normalized spacial score (nSPS) is 16.0. The molecule has 1 aliphatic carbocycles. The number of halogens is 1. The molecule has 1 aromatic carbocycles. The van der Waals surface area contributed by atoms with Gasteiger partial charge in [0, 0.05) is 11.8 Å². The smallest absolute Gasteiger partial charge is 0.149 e. The van der Waals surface area contributed by atoms with E-state index >= 15 is 0 Å². The zero-order chi connectivity index (χ0) is 12.6. The minimum absolute atomic E-state index is 0.297. The first-order chi connectivity index (χ1) is 8.73. The SMILES string of the molecule is N#CC1(c2nccc(-c3cccc(F)c3)n2)CC1. The van der Waals surface area contributed by atoms with E-state index in [1.54, 1.807) is 24.4 Å². The highest BCUT2D eigenvalue weighted by Crippen LogP contribution is 2.45. The largest absolute Gasteiger partial charge is 0.240 e. The molecule has 0 saturated heterocycles. The first-order valence-corrected chi connectivity index (χ1v) is 5.74. The molecular formula is C14H10FN3. The van der Waals surface area contributed by atoms with Crippen molar-refractivity contribution in [2.24, 2.45) is 0 Å². The van der Waals surface area contributed by atoms with E-state index < -0.39 is 5.41 Å². The molecule has 4 heteroatoms. The molecule has 3 rings (SSSR count). The maximum Gasteiger partial charge on any atom is 0.149 e. The van der Waals surface area contributed by atoms with E-state index in [1.165, 1.54) is 12.1 Å². The predicted octanol–water partition coefficient (Wildman–Crippen LogP) is 2.84. The molecule has 0 amide bonds. The van der Waals surface area contributed by atoms with Gasteiger partial charge in [-0.2, -0.15) is 5.26 Å². The predicted molar refractivity (Wildman–Crippen MR) is 64.0 cm³/mol. The Balaban J connectivity index is 2.05. The van der Waals surface area contributed by atoms with Crippen molar-refractivity contribution >= 4 is 0 Å². The second-order valence-corrected chi connectivity index (χ2v) is 4.47. The van der Waals surface area contributed by atoms with Crippen LogP contribution in [0.25, 0.3) is 11.3 Å². The van der Waals surface area contributed by atoms with Crippen LogP contribution in [0.3, 0.4) is 0 Å². The molecule has 1 heterocycles. The number of aromatic nitrogens is 2. The number of hydrogen-bond acceptors (Lipinski definition) is 3. The van der Waals surface area contributed by atoms with Gasteiger partial charge in [-0.15, -0.1) is 0 Å². The molecule has 0 N–H and O–H groups in total. The molecule has 88 valence electrons. The van der Waals surface area contributed by atoms with E-state index in [4.69, 9.17) is 5.26 Å². The third-order valence-corrected chi connectivity index (χ3v) is 3.17. The minimum Gasteiger partial charge on any atom is -0.240 e. The Labute approximate surface area is 104 Å². The highest BCUT2D eigenvalue weighted by atomic mass is 19.1. The molecule has 1 aromatic heterocycles. The number of benzene rings is 1.